The van der Waals surface area contributed by atoms with Gasteiger partial charge in [0.2, 0.25) is 16.8 Å². The van der Waals surface area contributed by atoms with E-state index in [2.05, 4.69) is 30.6 Å². The number of amides is 1. The highest BCUT2D eigenvalue weighted by Gasteiger charge is 2.29. The predicted molar refractivity (Wildman–Crippen MR) is 102 cm³/mol. The predicted octanol–water partition coefficient (Wildman–Crippen LogP) is 2.82. The van der Waals surface area contributed by atoms with Gasteiger partial charge in [0.25, 0.3) is 5.91 Å². The highest BCUT2D eigenvalue weighted by Crippen LogP contribution is 2.39. The van der Waals surface area contributed by atoms with E-state index in [4.69, 9.17) is 4.52 Å². The minimum atomic E-state index is -0.219. The van der Waals surface area contributed by atoms with E-state index in [1.807, 2.05) is 26.2 Å². The molecule has 8 nitrogen and oxygen atoms in total. The van der Waals surface area contributed by atoms with E-state index in [1.54, 1.807) is 12.1 Å². The fourth-order valence-electron chi connectivity index (χ4n) is 2.51. The minimum Gasteiger partial charge on any atom is -0.339 e. The van der Waals surface area contributed by atoms with Gasteiger partial charge in [0, 0.05) is 30.0 Å². The lowest BCUT2D eigenvalue weighted by Crippen LogP contribution is -2.14. The van der Waals surface area contributed by atoms with Crippen LogP contribution in [0.25, 0.3) is 11.4 Å². The maximum absolute atomic E-state index is 12.4. The molecular formula is C18H20N6O2S. The zero-order valence-corrected chi connectivity index (χ0v) is 16.0. The molecule has 0 bridgehead atoms. The maximum Gasteiger partial charge on any atom is 0.257 e. The number of aromatic nitrogens is 4. The summed E-state index contributed by atoms with van der Waals surface area (Å²) in [5.74, 6) is 1.46. The van der Waals surface area contributed by atoms with Gasteiger partial charge >= 0.3 is 0 Å². The normalized spacial score (nSPS) is 13.9. The number of nitrogens with zero attached hydrogens (tertiary/aromatic N) is 5. The van der Waals surface area contributed by atoms with E-state index in [0.29, 0.717) is 28.3 Å². The van der Waals surface area contributed by atoms with Crippen molar-refractivity contribution in [1.82, 2.24) is 25.2 Å². The third-order valence-corrected chi connectivity index (χ3v) is 5.13. The van der Waals surface area contributed by atoms with Crippen LogP contribution in [0.3, 0.4) is 0 Å². The van der Waals surface area contributed by atoms with Gasteiger partial charge < -0.3 is 9.42 Å². The molecule has 2 heterocycles. The van der Waals surface area contributed by atoms with Gasteiger partial charge in [0.1, 0.15) is 5.01 Å². The van der Waals surface area contributed by atoms with Crippen LogP contribution in [-0.2, 0) is 6.42 Å². The molecule has 0 radical (unpaired) electrons. The van der Waals surface area contributed by atoms with Gasteiger partial charge in [-0.25, -0.2) is 0 Å². The molecule has 0 saturated heterocycles. The van der Waals surface area contributed by atoms with Crippen molar-refractivity contribution in [2.45, 2.75) is 25.2 Å². The Bertz CT molecular complexity index is 929. The van der Waals surface area contributed by atoms with Crippen molar-refractivity contribution in [3.05, 3.63) is 40.7 Å². The van der Waals surface area contributed by atoms with Gasteiger partial charge in [-0.2, -0.15) is 4.98 Å². The molecule has 4 rings (SSSR count). The molecule has 1 saturated carbocycles. The van der Waals surface area contributed by atoms with Crippen molar-refractivity contribution < 1.29 is 9.32 Å². The molecule has 0 unspecified atom stereocenters. The number of hydrogen-bond acceptors (Lipinski definition) is 8. The standard InChI is InChI=1S/C18H20N6O2S/c1-24(2)10-9-14-21-22-18(27-14)20-16(25)12-5-3-11(4-6-12)15-19-17(26-23-15)13-7-8-13/h3-6,13H,7-10H2,1-2H3,(H,20,22,25). The molecular weight excluding hydrogens is 364 g/mol. The molecule has 3 aromatic rings. The van der Waals surface area contributed by atoms with Crippen LogP contribution in [0.5, 0.6) is 0 Å². The molecule has 0 aliphatic heterocycles. The summed E-state index contributed by atoms with van der Waals surface area (Å²) < 4.78 is 5.28. The molecule has 1 aromatic carbocycles. The lowest BCUT2D eigenvalue weighted by molar-refractivity contribution is 0.102. The topological polar surface area (TPSA) is 97.0 Å². The SMILES string of the molecule is CN(C)CCc1nnc(NC(=O)c2ccc(-c3noc(C4CC4)n3)cc2)s1. The fourth-order valence-corrected chi connectivity index (χ4v) is 3.24. The summed E-state index contributed by atoms with van der Waals surface area (Å²) in [5, 5.41) is 16.4. The zero-order chi connectivity index (χ0) is 18.8. The fraction of sp³-hybridized carbons (Fsp3) is 0.389. The highest BCUT2D eigenvalue weighted by molar-refractivity contribution is 7.15. The number of nitrogens with one attached hydrogen (secondary N) is 1. The second-order valence-electron chi connectivity index (χ2n) is 6.82. The molecule has 27 heavy (non-hydrogen) atoms. The Balaban J connectivity index is 1.38. The van der Waals surface area contributed by atoms with E-state index < -0.39 is 0 Å². The van der Waals surface area contributed by atoms with Gasteiger partial charge in [-0.3, -0.25) is 10.1 Å². The third kappa shape index (κ3) is 4.37. The first kappa shape index (κ1) is 17.7. The summed E-state index contributed by atoms with van der Waals surface area (Å²) in [6, 6.07) is 7.12. The first-order valence-electron chi connectivity index (χ1n) is 8.81. The van der Waals surface area contributed by atoms with Gasteiger partial charge in [0.15, 0.2) is 0 Å². The lowest BCUT2D eigenvalue weighted by atomic mass is 10.1. The Hall–Kier alpha value is -2.65. The van der Waals surface area contributed by atoms with Crippen molar-refractivity contribution in [3.63, 3.8) is 0 Å². The Morgan fingerprint density at radius 2 is 2.04 bits per heavy atom. The number of likely N-dealkylation sites (N-methyl/N-ethyl adjacent to an activating group) is 1. The lowest BCUT2D eigenvalue weighted by Gasteiger charge is -2.05. The Kier molecular flexibility index (Phi) is 4.95. The molecule has 1 N–H and O–H groups in total. The first-order valence-corrected chi connectivity index (χ1v) is 9.62. The minimum absolute atomic E-state index is 0.219. The Labute approximate surface area is 160 Å². The van der Waals surface area contributed by atoms with Crippen LogP contribution in [0, 0.1) is 0 Å². The van der Waals surface area contributed by atoms with E-state index in [-0.39, 0.29) is 5.91 Å². The molecule has 1 amide bonds. The second kappa shape index (κ2) is 7.53. The summed E-state index contributed by atoms with van der Waals surface area (Å²) in [6.07, 6.45) is 3.04. The van der Waals surface area contributed by atoms with Crippen molar-refractivity contribution >= 4 is 22.4 Å². The molecule has 0 atom stereocenters. The van der Waals surface area contributed by atoms with E-state index in [9.17, 15) is 4.79 Å². The molecule has 1 fully saturated rings. The van der Waals surface area contributed by atoms with E-state index in [1.165, 1.54) is 11.3 Å². The van der Waals surface area contributed by atoms with Gasteiger partial charge in [-0.1, -0.05) is 28.6 Å². The van der Waals surface area contributed by atoms with Crippen LogP contribution in [-0.4, -0.2) is 51.8 Å². The van der Waals surface area contributed by atoms with Crippen LogP contribution in [0.15, 0.2) is 28.8 Å². The maximum atomic E-state index is 12.4. The molecule has 2 aromatic heterocycles. The monoisotopic (exact) mass is 384 g/mol. The second-order valence-corrected chi connectivity index (χ2v) is 7.88. The quantitative estimate of drug-likeness (QED) is 0.669. The Morgan fingerprint density at radius 3 is 2.74 bits per heavy atom. The first-order chi connectivity index (χ1) is 13.1. The summed E-state index contributed by atoms with van der Waals surface area (Å²) in [4.78, 5) is 18.9. The smallest absolute Gasteiger partial charge is 0.257 e. The summed E-state index contributed by atoms with van der Waals surface area (Å²) in [5.41, 5.74) is 1.36. The summed E-state index contributed by atoms with van der Waals surface area (Å²) >= 11 is 1.40. The molecule has 0 spiro atoms. The average molecular weight is 384 g/mol. The largest absolute Gasteiger partial charge is 0.339 e. The van der Waals surface area contributed by atoms with Crippen LogP contribution in [0.2, 0.25) is 0 Å². The van der Waals surface area contributed by atoms with Crippen LogP contribution >= 0.6 is 11.3 Å². The number of anilines is 1. The number of carbonyl (C=O) groups is 1. The van der Waals surface area contributed by atoms with E-state index in [0.717, 1.165) is 36.4 Å². The van der Waals surface area contributed by atoms with E-state index >= 15 is 0 Å². The van der Waals surface area contributed by atoms with Crippen molar-refractivity contribution in [2.24, 2.45) is 0 Å². The molecule has 1 aliphatic carbocycles. The number of hydrogen-bond donors (Lipinski definition) is 1. The number of rotatable bonds is 7. The van der Waals surface area contributed by atoms with Gasteiger partial charge in [0.05, 0.1) is 0 Å². The van der Waals surface area contributed by atoms with Gasteiger partial charge in [-0.05, 0) is 39.1 Å². The number of benzene rings is 1. The molecule has 9 heteroatoms. The van der Waals surface area contributed by atoms with Crippen molar-refractivity contribution in [3.8, 4) is 11.4 Å². The molecule has 140 valence electrons. The average Bonchev–Trinajstić information content (AvgIpc) is 3.22. The van der Waals surface area contributed by atoms with Crippen molar-refractivity contribution in [2.75, 3.05) is 26.0 Å². The summed E-state index contributed by atoms with van der Waals surface area (Å²) in [6.45, 7) is 0.891. The molecule has 1 aliphatic rings. The van der Waals surface area contributed by atoms with Crippen molar-refractivity contribution in [1.29, 1.82) is 0 Å². The third-order valence-electron chi connectivity index (χ3n) is 4.23. The summed E-state index contributed by atoms with van der Waals surface area (Å²) in [7, 11) is 4.02. The van der Waals surface area contributed by atoms with Gasteiger partial charge in [-0.15, -0.1) is 10.2 Å². The Morgan fingerprint density at radius 1 is 1.26 bits per heavy atom. The highest BCUT2D eigenvalue weighted by atomic mass is 32.1. The zero-order valence-electron chi connectivity index (χ0n) is 15.2. The van der Waals surface area contributed by atoms with Crippen LogP contribution in [0.1, 0.15) is 40.0 Å². The van der Waals surface area contributed by atoms with Crippen LogP contribution < -0.4 is 5.32 Å². The number of carbonyl (C=O) groups excluding carboxylic acids is 1. The van der Waals surface area contributed by atoms with Crippen LogP contribution in [0.4, 0.5) is 5.13 Å².